The smallest absolute Gasteiger partial charge is 0.160 e. The molecule has 0 saturated carbocycles. The van der Waals surface area contributed by atoms with E-state index in [0.29, 0.717) is 6.04 Å². The summed E-state index contributed by atoms with van der Waals surface area (Å²) in [5.74, 6) is 0.965. The van der Waals surface area contributed by atoms with Crippen molar-refractivity contribution in [3.63, 3.8) is 0 Å². The second-order valence-electron chi connectivity index (χ2n) is 5.30. The molecular formula is C15H15BrN4S. The van der Waals surface area contributed by atoms with Gasteiger partial charge in [-0.25, -0.2) is 0 Å². The first kappa shape index (κ1) is 13.4. The summed E-state index contributed by atoms with van der Waals surface area (Å²) in [4.78, 5) is 1.51. The van der Waals surface area contributed by atoms with E-state index >= 15 is 0 Å². The third kappa shape index (κ3) is 2.52. The third-order valence-electron chi connectivity index (χ3n) is 3.97. The Morgan fingerprint density at radius 2 is 2.33 bits per heavy atom. The van der Waals surface area contributed by atoms with E-state index in [1.807, 2.05) is 40.1 Å². The summed E-state index contributed by atoms with van der Waals surface area (Å²) in [5.41, 5.74) is 2.35. The zero-order valence-corrected chi connectivity index (χ0v) is 13.8. The zero-order valence-electron chi connectivity index (χ0n) is 11.4. The van der Waals surface area contributed by atoms with Crippen molar-refractivity contribution in [1.82, 2.24) is 19.9 Å². The van der Waals surface area contributed by atoms with Gasteiger partial charge in [0.15, 0.2) is 11.5 Å². The SMILES string of the molecule is Brc1cc2c(s1)CCCC2NCc1nnc2ccccn12. The van der Waals surface area contributed by atoms with Crippen LogP contribution in [0.4, 0.5) is 0 Å². The molecule has 1 N–H and O–H groups in total. The van der Waals surface area contributed by atoms with Crippen LogP contribution in [0.5, 0.6) is 0 Å². The minimum atomic E-state index is 0.423. The molecule has 0 saturated heterocycles. The monoisotopic (exact) mass is 362 g/mol. The van der Waals surface area contributed by atoms with Crippen molar-refractivity contribution in [3.05, 3.63) is 50.5 Å². The van der Waals surface area contributed by atoms with Gasteiger partial charge in [0.05, 0.1) is 10.3 Å². The minimum Gasteiger partial charge on any atom is -0.303 e. The van der Waals surface area contributed by atoms with Gasteiger partial charge < -0.3 is 5.32 Å². The molecule has 0 amide bonds. The van der Waals surface area contributed by atoms with Crippen molar-refractivity contribution in [1.29, 1.82) is 0 Å². The number of nitrogens with one attached hydrogen (secondary N) is 1. The van der Waals surface area contributed by atoms with E-state index in [2.05, 4.69) is 37.5 Å². The number of aryl methyl sites for hydroxylation is 1. The lowest BCUT2D eigenvalue weighted by Crippen LogP contribution is -2.24. The van der Waals surface area contributed by atoms with Crippen LogP contribution < -0.4 is 5.32 Å². The van der Waals surface area contributed by atoms with Crippen LogP contribution in [0.25, 0.3) is 5.65 Å². The van der Waals surface area contributed by atoms with E-state index in [0.717, 1.165) is 18.0 Å². The molecule has 3 aromatic heterocycles. The number of thiophene rings is 1. The first-order chi connectivity index (χ1) is 10.3. The molecule has 108 valence electrons. The first-order valence-electron chi connectivity index (χ1n) is 7.11. The van der Waals surface area contributed by atoms with Gasteiger partial charge in [-0.3, -0.25) is 4.40 Å². The van der Waals surface area contributed by atoms with Crippen LogP contribution in [0, 0.1) is 0 Å². The fourth-order valence-electron chi connectivity index (χ4n) is 2.96. The van der Waals surface area contributed by atoms with Crippen LogP contribution in [-0.2, 0) is 13.0 Å². The molecule has 1 aliphatic carbocycles. The van der Waals surface area contributed by atoms with Crippen molar-refractivity contribution in [2.45, 2.75) is 31.8 Å². The molecule has 4 rings (SSSR count). The highest BCUT2D eigenvalue weighted by atomic mass is 79.9. The number of hydrogen-bond acceptors (Lipinski definition) is 4. The van der Waals surface area contributed by atoms with Crippen molar-refractivity contribution in [3.8, 4) is 0 Å². The molecule has 4 nitrogen and oxygen atoms in total. The summed E-state index contributed by atoms with van der Waals surface area (Å²) in [7, 11) is 0. The topological polar surface area (TPSA) is 42.2 Å². The Morgan fingerprint density at radius 3 is 3.29 bits per heavy atom. The molecule has 1 unspecified atom stereocenters. The summed E-state index contributed by atoms with van der Waals surface area (Å²) < 4.78 is 3.27. The molecule has 0 aromatic carbocycles. The predicted octanol–water partition coefficient (Wildman–Crippen LogP) is 3.72. The van der Waals surface area contributed by atoms with Crippen molar-refractivity contribution >= 4 is 32.9 Å². The van der Waals surface area contributed by atoms with Gasteiger partial charge in [0.2, 0.25) is 0 Å². The quantitative estimate of drug-likeness (QED) is 0.771. The van der Waals surface area contributed by atoms with Gasteiger partial charge >= 0.3 is 0 Å². The molecule has 0 spiro atoms. The molecule has 0 fully saturated rings. The summed E-state index contributed by atoms with van der Waals surface area (Å²) in [5, 5.41) is 12.1. The van der Waals surface area contributed by atoms with Crippen LogP contribution in [0.1, 0.15) is 35.1 Å². The largest absolute Gasteiger partial charge is 0.303 e. The van der Waals surface area contributed by atoms with Gasteiger partial charge in [-0.2, -0.15) is 0 Å². The number of hydrogen-bond donors (Lipinski definition) is 1. The average molecular weight is 363 g/mol. The Hall–Kier alpha value is -1.24. The summed E-state index contributed by atoms with van der Waals surface area (Å²) in [6.07, 6.45) is 5.66. The lowest BCUT2D eigenvalue weighted by molar-refractivity contribution is 0.455. The first-order valence-corrected chi connectivity index (χ1v) is 8.72. The minimum absolute atomic E-state index is 0.423. The Kier molecular flexibility index (Phi) is 3.52. The van der Waals surface area contributed by atoms with Crippen molar-refractivity contribution in [2.75, 3.05) is 0 Å². The Labute approximate surface area is 135 Å². The molecule has 1 aliphatic rings. The molecule has 0 radical (unpaired) electrons. The average Bonchev–Trinajstić information content (AvgIpc) is 3.07. The third-order valence-corrected chi connectivity index (χ3v) is 5.69. The van der Waals surface area contributed by atoms with Gasteiger partial charge in [0.25, 0.3) is 0 Å². The van der Waals surface area contributed by atoms with Crippen molar-refractivity contribution in [2.24, 2.45) is 0 Å². The fraction of sp³-hybridized carbons (Fsp3) is 0.333. The second kappa shape index (κ2) is 5.51. The van der Waals surface area contributed by atoms with Crippen molar-refractivity contribution < 1.29 is 0 Å². The molecular weight excluding hydrogens is 348 g/mol. The van der Waals surface area contributed by atoms with Crippen LogP contribution >= 0.6 is 27.3 Å². The summed E-state index contributed by atoms with van der Waals surface area (Å²) in [6, 6.07) is 8.66. The molecule has 1 atom stereocenters. The summed E-state index contributed by atoms with van der Waals surface area (Å²) >= 11 is 5.47. The number of rotatable bonds is 3. The Balaban J connectivity index is 1.55. The number of nitrogens with zero attached hydrogens (tertiary/aromatic N) is 3. The second-order valence-corrected chi connectivity index (χ2v) is 7.82. The Morgan fingerprint density at radius 1 is 1.38 bits per heavy atom. The maximum Gasteiger partial charge on any atom is 0.160 e. The zero-order chi connectivity index (χ0) is 14.2. The van der Waals surface area contributed by atoms with Crippen LogP contribution in [0.3, 0.4) is 0 Å². The number of halogens is 1. The normalized spacial score (nSPS) is 18.0. The van der Waals surface area contributed by atoms with Gasteiger partial charge in [0, 0.05) is 17.1 Å². The number of aromatic nitrogens is 3. The fourth-order valence-corrected chi connectivity index (χ4v) is 4.78. The van der Waals surface area contributed by atoms with Gasteiger partial charge in [-0.05, 0) is 59.0 Å². The van der Waals surface area contributed by atoms with E-state index < -0.39 is 0 Å². The van der Waals surface area contributed by atoms with Crippen LogP contribution in [-0.4, -0.2) is 14.6 Å². The maximum absolute atomic E-state index is 4.28. The molecule has 0 aliphatic heterocycles. The molecule has 21 heavy (non-hydrogen) atoms. The van der Waals surface area contributed by atoms with E-state index in [4.69, 9.17) is 0 Å². The molecule has 3 heterocycles. The predicted molar refractivity (Wildman–Crippen MR) is 87.5 cm³/mol. The lowest BCUT2D eigenvalue weighted by Gasteiger charge is -2.23. The highest BCUT2D eigenvalue weighted by Gasteiger charge is 2.22. The standard InChI is InChI=1S/C15H15BrN4S/c16-13-8-10-11(4-3-5-12(10)21-13)17-9-15-19-18-14-6-1-2-7-20(14)15/h1-2,6-8,11,17H,3-5,9H2. The summed E-state index contributed by atoms with van der Waals surface area (Å²) in [6.45, 7) is 0.739. The van der Waals surface area contributed by atoms with Crippen LogP contribution in [0.15, 0.2) is 34.2 Å². The lowest BCUT2D eigenvalue weighted by atomic mass is 9.94. The highest BCUT2D eigenvalue weighted by molar-refractivity contribution is 9.11. The molecule has 6 heteroatoms. The van der Waals surface area contributed by atoms with Gasteiger partial charge in [-0.15, -0.1) is 21.5 Å². The number of fused-ring (bicyclic) bond motifs is 2. The molecule has 0 bridgehead atoms. The highest BCUT2D eigenvalue weighted by Crippen LogP contribution is 2.37. The van der Waals surface area contributed by atoms with Gasteiger partial charge in [-0.1, -0.05) is 6.07 Å². The molecule has 3 aromatic rings. The Bertz CT molecular complexity index is 779. The van der Waals surface area contributed by atoms with E-state index in [9.17, 15) is 0 Å². The van der Waals surface area contributed by atoms with Crippen LogP contribution in [0.2, 0.25) is 0 Å². The van der Waals surface area contributed by atoms with E-state index in [-0.39, 0.29) is 0 Å². The van der Waals surface area contributed by atoms with E-state index in [1.165, 1.54) is 33.5 Å². The van der Waals surface area contributed by atoms with Gasteiger partial charge in [0.1, 0.15) is 0 Å². The van der Waals surface area contributed by atoms with E-state index in [1.54, 1.807) is 0 Å². The maximum atomic E-state index is 4.28. The number of pyridine rings is 1.